The predicted molar refractivity (Wildman–Crippen MR) is 102 cm³/mol. The van der Waals surface area contributed by atoms with Gasteiger partial charge in [-0.1, -0.05) is 23.2 Å². The normalized spacial score (nSPS) is 21.1. The maximum atomic E-state index is 12.8. The van der Waals surface area contributed by atoms with E-state index in [9.17, 15) is 13.2 Å². The van der Waals surface area contributed by atoms with Crippen molar-refractivity contribution in [3.8, 4) is 0 Å². The lowest BCUT2D eigenvalue weighted by atomic mass is 10.2. The van der Waals surface area contributed by atoms with E-state index in [-0.39, 0.29) is 19.0 Å². The zero-order chi connectivity index (χ0) is 18.9. The van der Waals surface area contributed by atoms with Crippen molar-refractivity contribution in [1.82, 2.24) is 18.4 Å². The lowest BCUT2D eigenvalue weighted by Gasteiger charge is -2.39. The number of halogens is 2. The van der Waals surface area contributed by atoms with Gasteiger partial charge in [0.05, 0.1) is 10.6 Å². The monoisotopic (exact) mass is 420 g/mol. The fourth-order valence-corrected chi connectivity index (χ4v) is 5.20. The molecule has 0 unspecified atom stereocenters. The molecule has 1 aromatic carbocycles. The van der Waals surface area contributed by atoms with E-state index in [0.717, 1.165) is 13.1 Å². The van der Waals surface area contributed by atoms with Crippen LogP contribution in [-0.4, -0.2) is 92.1 Å². The Morgan fingerprint density at radius 3 is 2.00 bits per heavy atom. The summed E-state index contributed by atoms with van der Waals surface area (Å²) in [5.74, 6) is -0.205. The second-order valence-electron chi connectivity index (χ2n) is 6.53. The molecule has 7 nitrogen and oxygen atoms in total. The second kappa shape index (κ2) is 8.00. The molecule has 2 fully saturated rings. The smallest absolute Gasteiger partial charge is 0.282 e. The molecule has 0 N–H and O–H groups in total. The minimum absolute atomic E-state index is 0.205. The number of hydrogen-bond donors (Lipinski definition) is 0. The molecule has 0 aromatic heterocycles. The highest BCUT2D eigenvalue weighted by Crippen LogP contribution is 2.23. The fourth-order valence-electron chi connectivity index (χ4n) is 3.14. The first-order chi connectivity index (χ1) is 12.3. The predicted octanol–water partition coefficient (Wildman–Crippen LogP) is 1.24. The summed E-state index contributed by atoms with van der Waals surface area (Å²) in [4.78, 5) is 16.4. The zero-order valence-corrected chi connectivity index (χ0v) is 16.9. The molecule has 3 rings (SSSR count). The molecule has 1 amide bonds. The van der Waals surface area contributed by atoms with E-state index < -0.39 is 10.2 Å². The molecule has 10 heteroatoms. The number of carbonyl (C=O) groups excluding carboxylic acids is 1. The average Bonchev–Trinajstić information content (AvgIpc) is 2.62. The average molecular weight is 421 g/mol. The maximum absolute atomic E-state index is 12.8. The van der Waals surface area contributed by atoms with Crippen molar-refractivity contribution in [2.24, 2.45) is 0 Å². The van der Waals surface area contributed by atoms with Crippen molar-refractivity contribution in [2.45, 2.75) is 0 Å². The number of carbonyl (C=O) groups is 1. The Morgan fingerprint density at radius 1 is 0.923 bits per heavy atom. The van der Waals surface area contributed by atoms with Crippen LogP contribution in [0, 0.1) is 0 Å². The van der Waals surface area contributed by atoms with E-state index in [1.165, 1.54) is 14.7 Å². The van der Waals surface area contributed by atoms with Crippen LogP contribution in [0.5, 0.6) is 0 Å². The molecule has 0 saturated carbocycles. The molecule has 2 heterocycles. The Kier molecular flexibility index (Phi) is 6.11. The lowest BCUT2D eigenvalue weighted by molar-refractivity contribution is 0.0692. The summed E-state index contributed by atoms with van der Waals surface area (Å²) in [7, 11) is -1.50. The first-order valence-electron chi connectivity index (χ1n) is 8.47. The van der Waals surface area contributed by atoms with Gasteiger partial charge in [0.15, 0.2) is 0 Å². The van der Waals surface area contributed by atoms with Crippen molar-refractivity contribution in [3.05, 3.63) is 33.8 Å². The quantitative estimate of drug-likeness (QED) is 0.737. The third kappa shape index (κ3) is 4.16. The molecular formula is C16H22Cl2N4O3S. The lowest BCUT2D eigenvalue weighted by Crippen LogP contribution is -2.57. The topological polar surface area (TPSA) is 64.2 Å². The van der Waals surface area contributed by atoms with E-state index in [2.05, 4.69) is 4.90 Å². The summed E-state index contributed by atoms with van der Waals surface area (Å²) < 4.78 is 28.6. The Bertz CT molecular complexity index is 774. The number of benzene rings is 1. The molecule has 0 bridgehead atoms. The Hall–Kier alpha value is -0.900. The summed E-state index contributed by atoms with van der Waals surface area (Å²) in [6.45, 7) is 3.70. The number of amides is 1. The highest BCUT2D eigenvalue weighted by molar-refractivity contribution is 7.86. The molecule has 0 radical (unpaired) electrons. The third-order valence-corrected chi connectivity index (χ3v) is 7.39. The van der Waals surface area contributed by atoms with Gasteiger partial charge in [-0.2, -0.15) is 17.0 Å². The Balaban J connectivity index is 1.62. The van der Waals surface area contributed by atoms with Crippen molar-refractivity contribution in [2.75, 3.05) is 59.4 Å². The van der Waals surface area contributed by atoms with Crippen molar-refractivity contribution < 1.29 is 13.2 Å². The van der Waals surface area contributed by atoms with Gasteiger partial charge in [0, 0.05) is 57.4 Å². The van der Waals surface area contributed by atoms with Gasteiger partial charge in [0.1, 0.15) is 0 Å². The molecular weight excluding hydrogens is 399 g/mol. The van der Waals surface area contributed by atoms with Crippen molar-refractivity contribution in [3.63, 3.8) is 0 Å². The van der Waals surface area contributed by atoms with Crippen LogP contribution in [0.2, 0.25) is 10.0 Å². The standard InChI is InChI=1S/C16H22Cl2N4O3S/c1-19-4-8-21(9-5-19)26(24,25)22-10-6-20(7-11-22)16(23)14-3-2-13(17)12-15(14)18/h2-3,12H,4-11H2,1H3. The van der Waals surface area contributed by atoms with E-state index >= 15 is 0 Å². The van der Waals surface area contributed by atoms with Gasteiger partial charge in [0.25, 0.3) is 16.1 Å². The minimum atomic E-state index is -3.48. The fraction of sp³-hybridized carbons (Fsp3) is 0.562. The van der Waals surface area contributed by atoms with Gasteiger partial charge in [-0.05, 0) is 25.2 Å². The molecule has 0 aliphatic carbocycles. The maximum Gasteiger partial charge on any atom is 0.282 e. The third-order valence-electron chi connectivity index (χ3n) is 4.80. The molecule has 2 aliphatic heterocycles. The van der Waals surface area contributed by atoms with E-state index in [4.69, 9.17) is 23.2 Å². The van der Waals surface area contributed by atoms with Crippen LogP contribution in [0.3, 0.4) is 0 Å². The molecule has 2 aliphatic rings. The number of rotatable bonds is 3. The molecule has 1 aromatic rings. The minimum Gasteiger partial charge on any atom is -0.336 e. The van der Waals surface area contributed by atoms with Crippen LogP contribution in [0.4, 0.5) is 0 Å². The van der Waals surface area contributed by atoms with Gasteiger partial charge in [-0.3, -0.25) is 4.79 Å². The summed E-state index contributed by atoms with van der Waals surface area (Å²) in [6, 6.07) is 4.75. The van der Waals surface area contributed by atoms with Gasteiger partial charge in [-0.15, -0.1) is 0 Å². The molecule has 144 valence electrons. The van der Waals surface area contributed by atoms with Gasteiger partial charge in [-0.25, -0.2) is 0 Å². The summed E-state index contributed by atoms with van der Waals surface area (Å²) in [5, 5.41) is 0.768. The molecule has 26 heavy (non-hydrogen) atoms. The van der Waals surface area contributed by atoms with Crippen LogP contribution in [0.15, 0.2) is 18.2 Å². The summed E-state index contributed by atoms with van der Waals surface area (Å²) >= 11 is 12.0. The number of hydrogen-bond acceptors (Lipinski definition) is 4. The number of nitrogens with zero attached hydrogens (tertiary/aromatic N) is 4. The van der Waals surface area contributed by atoms with E-state index in [1.54, 1.807) is 17.0 Å². The molecule has 2 saturated heterocycles. The first kappa shape index (κ1) is 19.9. The SMILES string of the molecule is CN1CCN(S(=O)(=O)N2CCN(C(=O)c3ccc(Cl)cc3Cl)CC2)CC1. The van der Waals surface area contributed by atoms with Crippen LogP contribution in [-0.2, 0) is 10.2 Å². The van der Waals surface area contributed by atoms with Gasteiger partial charge >= 0.3 is 0 Å². The Labute approximate surface area is 164 Å². The zero-order valence-electron chi connectivity index (χ0n) is 14.6. The highest BCUT2D eigenvalue weighted by atomic mass is 35.5. The van der Waals surface area contributed by atoms with Crippen molar-refractivity contribution in [1.29, 1.82) is 0 Å². The van der Waals surface area contributed by atoms with Crippen LogP contribution in [0.25, 0.3) is 0 Å². The van der Waals surface area contributed by atoms with E-state index in [0.29, 0.717) is 41.8 Å². The largest absolute Gasteiger partial charge is 0.336 e. The van der Waals surface area contributed by atoms with Gasteiger partial charge < -0.3 is 9.80 Å². The van der Waals surface area contributed by atoms with Crippen molar-refractivity contribution >= 4 is 39.3 Å². The Morgan fingerprint density at radius 2 is 1.46 bits per heavy atom. The summed E-state index contributed by atoms with van der Waals surface area (Å²) in [6.07, 6.45) is 0. The number of piperazine rings is 2. The first-order valence-corrected chi connectivity index (χ1v) is 10.6. The van der Waals surface area contributed by atoms with Crippen LogP contribution >= 0.6 is 23.2 Å². The number of likely N-dealkylation sites (N-methyl/N-ethyl adjacent to an activating group) is 1. The van der Waals surface area contributed by atoms with E-state index in [1.807, 2.05) is 7.05 Å². The molecule has 0 spiro atoms. The summed E-state index contributed by atoms with van der Waals surface area (Å²) in [5.41, 5.74) is 0.381. The van der Waals surface area contributed by atoms with Crippen LogP contribution in [0.1, 0.15) is 10.4 Å². The second-order valence-corrected chi connectivity index (χ2v) is 9.30. The van der Waals surface area contributed by atoms with Gasteiger partial charge in [0.2, 0.25) is 0 Å². The molecule has 0 atom stereocenters. The highest BCUT2D eigenvalue weighted by Gasteiger charge is 2.35. The van der Waals surface area contributed by atoms with Crippen LogP contribution < -0.4 is 0 Å².